The molecule has 1 heterocycles. The highest BCUT2D eigenvalue weighted by atomic mass is 16.2. The van der Waals surface area contributed by atoms with E-state index < -0.39 is 0 Å². The molecule has 0 radical (unpaired) electrons. The molecule has 1 aromatic carbocycles. The van der Waals surface area contributed by atoms with Gasteiger partial charge in [0.05, 0.1) is 11.3 Å². The zero-order chi connectivity index (χ0) is 15.9. The lowest BCUT2D eigenvalue weighted by atomic mass is 10.0. The number of likely N-dealkylation sites (tertiary alicyclic amines) is 1. The fourth-order valence-corrected chi connectivity index (χ4v) is 2.77. The SMILES string of the molecule is CNCCCC(=O)Nc1cccc(C)c1C(=O)N1CCCC1. The van der Waals surface area contributed by atoms with Crippen LogP contribution in [0.3, 0.4) is 0 Å². The van der Waals surface area contributed by atoms with Gasteiger partial charge >= 0.3 is 0 Å². The van der Waals surface area contributed by atoms with Crippen LogP contribution < -0.4 is 10.6 Å². The second-order valence-electron chi connectivity index (χ2n) is 5.75. The van der Waals surface area contributed by atoms with Gasteiger partial charge in [-0.25, -0.2) is 0 Å². The van der Waals surface area contributed by atoms with E-state index in [1.165, 1.54) is 0 Å². The van der Waals surface area contributed by atoms with Crippen molar-refractivity contribution in [2.75, 3.05) is 32.0 Å². The van der Waals surface area contributed by atoms with E-state index in [-0.39, 0.29) is 11.8 Å². The average Bonchev–Trinajstić information content (AvgIpc) is 3.01. The number of amides is 2. The fraction of sp³-hybridized carbons (Fsp3) is 0.529. The Kier molecular flexibility index (Phi) is 5.95. The predicted molar refractivity (Wildman–Crippen MR) is 88.1 cm³/mol. The first-order chi connectivity index (χ1) is 10.6. The second-order valence-corrected chi connectivity index (χ2v) is 5.75. The Bertz CT molecular complexity index is 537. The van der Waals surface area contributed by atoms with Gasteiger partial charge in [-0.2, -0.15) is 0 Å². The number of carbonyl (C=O) groups is 2. The molecule has 0 spiro atoms. The summed E-state index contributed by atoms with van der Waals surface area (Å²) in [6.07, 6.45) is 3.35. The van der Waals surface area contributed by atoms with Crippen molar-refractivity contribution in [3.05, 3.63) is 29.3 Å². The zero-order valence-electron chi connectivity index (χ0n) is 13.4. The number of hydrogen-bond donors (Lipinski definition) is 2. The summed E-state index contributed by atoms with van der Waals surface area (Å²) in [5.41, 5.74) is 2.17. The van der Waals surface area contributed by atoms with E-state index in [9.17, 15) is 9.59 Å². The topological polar surface area (TPSA) is 61.4 Å². The van der Waals surface area contributed by atoms with Crippen molar-refractivity contribution in [2.45, 2.75) is 32.6 Å². The van der Waals surface area contributed by atoms with Gasteiger partial charge in [0.1, 0.15) is 0 Å². The second kappa shape index (κ2) is 7.94. The van der Waals surface area contributed by atoms with Gasteiger partial charge in [-0.1, -0.05) is 12.1 Å². The lowest BCUT2D eigenvalue weighted by Crippen LogP contribution is -2.29. The highest BCUT2D eigenvalue weighted by Gasteiger charge is 2.23. The standard InChI is InChI=1S/C17H25N3O2/c1-13-7-5-8-14(19-15(21)9-6-10-18-2)16(13)17(22)20-11-3-4-12-20/h5,7-8,18H,3-4,6,9-12H2,1-2H3,(H,19,21). The molecule has 5 nitrogen and oxygen atoms in total. The van der Waals surface area contributed by atoms with Crippen LogP contribution >= 0.6 is 0 Å². The minimum Gasteiger partial charge on any atom is -0.339 e. The van der Waals surface area contributed by atoms with E-state index in [0.717, 1.165) is 44.5 Å². The first-order valence-corrected chi connectivity index (χ1v) is 7.97. The molecule has 22 heavy (non-hydrogen) atoms. The molecule has 1 aromatic rings. The molecule has 1 aliphatic rings. The van der Waals surface area contributed by atoms with Crippen LogP contribution in [-0.2, 0) is 4.79 Å². The molecule has 0 saturated carbocycles. The lowest BCUT2D eigenvalue weighted by Gasteiger charge is -2.19. The molecule has 2 amide bonds. The fourth-order valence-electron chi connectivity index (χ4n) is 2.77. The molecule has 1 aliphatic heterocycles. The summed E-state index contributed by atoms with van der Waals surface area (Å²) in [6, 6.07) is 5.60. The van der Waals surface area contributed by atoms with E-state index in [4.69, 9.17) is 0 Å². The van der Waals surface area contributed by atoms with E-state index in [2.05, 4.69) is 10.6 Å². The summed E-state index contributed by atoms with van der Waals surface area (Å²) in [5, 5.41) is 5.92. The Balaban J connectivity index is 2.12. The number of nitrogens with zero attached hydrogens (tertiary/aromatic N) is 1. The minimum absolute atomic E-state index is 0.0288. The van der Waals surface area contributed by atoms with Gasteiger partial charge < -0.3 is 15.5 Å². The quantitative estimate of drug-likeness (QED) is 0.792. The molecule has 0 aliphatic carbocycles. The predicted octanol–water partition coefficient (Wildman–Crippen LogP) is 2.17. The highest BCUT2D eigenvalue weighted by Crippen LogP contribution is 2.23. The minimum atomic E-state index is -0.0451. The van der Waals surface area contributed by atoms with Crippen molar-refractivity contribution in [2.24, 2.45) is 0 Å². The largest absolute Gasteiger partial charge is 0.339 e. The summed E-state index contributed by atoms with van der Waals surface area (Å²) in [7, 11) is 1.87. The van der Waals surface area contributed by atoms with Gasteiger partial charge in [0, 0.05) is 19.5 Å². The molecule has 0 aromatic heterocycles. The molecule has 0 atom stereocenters. The Hall–Kier alpha value is -1.88. The number of rotatable bonds is 6. The first-order valence-electron chi connectivity index (χ1n) is 7.97. The van der Waals surface area contributed by atoms with Crippen LogP contribution in [0, 0.1) is 6.92 Å². The van der Waals surface area contributed by atoms with Crippen LogP contribution in [0.5, 0.6) is 0 Å². The van der Waals surface area contributed by atoms with Crippen LogP contribution in [0.1, 0.15) is 41.6 Å². The van der Waals surface area contributed by atoms with E-state index >= 15 is 0 Å². The third-order valence-corrected chi connectivity index (χ3v) is 3.98. The smallest absolute Gasteiger partial charge is 0.256 e. The number of anilines is 1. The molecule has 1 fully saturated rings. The summed E-state index contributed by atoms with van der Waals surface area (Å²) in [6.45, 7) is 4.34. The maximum atomic E-state index is 12.7. The van der Waals surface area contributed by atoms with Crippen LogP contribution in [-0.4, -0.2) is 43.4 Å². The molecule has 0 bridgehead atoms. The number of carbonyl (C=O) groups excluding carboxylic acids is 2. The highest BCUT2D eigenvalue weighted by molar-refractivity contribution is 6.04. The van der Waals surface area contributed by atoms with Gasteiger partial charge in [0.25, 0.3) is 5.91 Å². The third-order valence-electron chi connectivity index (χ3n) is 3.98. The van der Waals surface area contributed by atoms with Crippen LogP contribution in [0.25, 0.3) is 0 Å². The Morgan fingerprint density at radius 2 is 1.95 bits per heavy atom. The van der Waals surface area contributed by atoms with Gasteiger partial charge in [0.15, 0.2) is 0 Å². The maximum absolute atomic E-state index is 12.7. The third kappa shape index (κ3) is 4.07. The van der Waals surface area contributed by atoms with E-state index in [1.807, 2.05) is 37.1 Å². The molecule has 1 saturated heterocycles. The maximum Gasteiger partial charge on any atom is 0.256 e. The summed E-state index contributed by atoms with van der Waals surface area (Å²) in [5.74, 6) is -0.0163. The molecule has 120 valence electrons. The lowest BCUT2D eigenvalue weighted by molar-refractivity contribution is -0.116. The van der Waals surface area contributed by atoms with Gasteiger partial charge in [-0.3, -0.25) is 9.59 Å². The van der Waals surface area contributed by atoms with Crippen molar-refractivity contribution in [1.29, 1.82) is 0 Å². The van der Waals surface area contributed by atoms with Crippen molar-refractivity contribution >= 4 is 17.5 Å². The molecule has 0 unspecified atom stereocenters. The van der Waals surface area contributed by atoms with Crippen molar-refractivity contribution in [3.8, 4) is 0 Å². The molecule has 2 rings (SSSR count). The zero-order valence-corrected chi connectivity index (χ0v) is 13.4. The van der Waals surface area contributed by atoms with Crippen LogP contribution in [0.2, 0.25) is 0 Å². The number of hydrogen-bond acceptors (Lipinski definition) is 3. The van der Waals surface area contributed by atoms with Crippen LogP contribution in [0.4, 0.5) is 5.69 Å². The summed E-state index contributed by atoms with van der Waals surface area (Å²) in [4.78, 5) is 26.6. The van der Waals surface area contributed by atoms with Gasteiger partial charge in [-0.05, 0) is 51.4 Å². The van der Waals surface area contributed by atoms with Gasteiger partial charge in [0.2, 0.25) is 5.91 Å². The Labute approximate surface area is 132 Å². The Morgan fingerprint density at radius 3 is 2.64 bits per heavy atom. The monoisotopic (exact) mass is 303 g/mol. The van der Waals surface area contributed by atoms with E-state index in [0.29, 0.717) is 17.7 Å². The van der Waals surface area contributed by atoms with Crippen molar-refractivity contribution in [1.82, 2.24) is 10.2 Å². The van der Waals surface area contributed by atoms with Crippen LogP contribution in [0.15, 0.2) is 18.2 Å². The molecule has 5 heteroatoms. The number of nitrogens with one attached hydrogen (secondary N) is 2. The molecular weight excluding hydrogens is 278 g/mol. The van der Waals surface area contributed by atoms with E-state index in [1.54, 1.807) is 0 Å². The summed E-state index contributed by atoms with van der Waals surface area (Å²) < 4.78 is 0. The van der Waals surface area contributed by atoms with Crippen molar-refractivity contribution < 1.29 is 9.59 Å². The van der Waals surface area contributed by atoms with Gasteiger partial charge in [-0.15, -0.1) is 0 Å². The summed E-state index contributed by atoms with van der Waals surface area (Å²) >= 11 is 0. The normalized spacial score (nSPS) is 14.2. The first kappa shape index (κ1) is 16.5. The molecule has 2 N–H and O–H groups in total. The number of aryl methyl sites for hydroxylation is 1. The van der Waals surface area contributed by atoms with Crippen molar-refractivity contribution in [3.63, 3.8) is 0 Å². The molecular formula is C17H25N3O2. The number of benzene rings is 1. The average molecular weight is 303 g/mol. The Morgan fingerprint density at radius 1 is 1.23 bits per heavy atom.